The van der Waals surface area contributed by atoms with Crippen molar-refractivity contribution in [1.29, 1.82) is 0 Å². The van der Waals surface area contributed by atoms with Gasteiger partial charge in [-0.05, 0) is 0 Å². The topological polar surface area (TPSA) is 106 Å². The van der Waals surface area contributed by atoms with Gasteiger partial charge in [-0.3, -0.25) is 15.2 Å². The third kappa shape index (κ3) is 1.53. The van der Waals surface area contributed by atoms with E-state index in [0.717, 1.165) is 6.20 Å². The standard InChI is InChI=1S/C3H2ClN3O4S/c4-12(10,11)3-2(7(8)9)1-5-6-3/h1H,(H,5,6). The van der Waals surface area contributed by atoms with Crippen LogP contribution in [0.1, 0.15) is 0 Å². The summed E-state index contributed by atoms with van der Waals surface area (Å²) in [5.41, 5.74) is -0.662. The summed E-state index contributed by atoms with van der Waals surface area (Å²) in [4.78, 5) is 9.26. The lowest BCUT2D eigenvalue weighted by atomic mass is 10.6. The van der Waals surface area contributed by atoms with Gasteiger partial charge in [-0.25, -0.2) is 8.42 Å². The van der Waals surface area contributed by atoms with Gasteiger partial charge in [0.2, 0.25) is 5.03 Å². The molecule has 12 heavy (non-hydrogen) atoms. The Balaban J connectivity index is 3.36. The SMILES string of the molecule is O=[N+]([O-])c1cn[nH]c1S(=O)(=O)Cl. The summed E-state index contributed by atoms with van der Waals surface area (Å²) in [6.45, 7) is 0. The summed E-state index contributed by atoms with van der Waals surface area (Å²) >= 11 is 0. The number of hydrogen-bond acceptors (Lipinski definition) is 5. The van der Waals surface area contributed by atoms with Gasteiger partial charge >= 0.3 is 5.69 Å². The van der Waals surface area contributed by atoms with Gasteiger partial charge in [0.25, 0.3) is 9.05 Å². The molecule has 0 atom stereocenters. The molecule has 0 unspecified atom stereocenters. The molecule has 0 spiro atoms. The van der Waals surface area contributed by atoms with Crippen LogP contribution in [0.2, 0.25) is 0 Å². The molecule has 0 aliphatic carbocycles. The summed E-state index contributed by atoms with van der Waals surface area (Å²) in [6, 6.07) is 0. The number of hydrogen-bond donors (Lipinski definition) is 1. The predicted octanol–water partition coefficient (Wildman–Crippen LogP) is 0.245. The first-order valence-electron chi connectivity index (χ1n) is 2.55. The maximum atomic E-state index is 10.6. The number of aromatic nitrogens is 2. The first-order valence-corrected chi connectivity index (χ1v) is 4.86. The highest BCUT2D eigenvalue weighted by Gasteiger charge is 2.26. The molecule has 0 fully saturated rings. The summed E-state index contributed by atoms with van der Waals surface area (Å²) in [5.74, 6) is 0. The minimum atomic E-state index is -4.12. The lowest BCUT2D eigenvalue weighted by molar-refractivity contribution is -0.387. The van der Waals surface area contributed by atoms with Gasteiger partial charge in [0.05, 0.1) is 4.92 Å². The van der Waals surface area contributed by atoms with E-state index < -0.39 is 24.7 Å². The zero-order valence-electron chi connectivity index (χ0n) is 5.39. The van der Waals surface area contributed by atoms with Crippen LogP contribution < -0.4 is 0 Å². The van der Waals surface area contributed by atoms with E-state index in [-0.39, 0.29) is 0 Å². The Kier molecular flexibility index (Phi) is 2.02. The van der Waals surface area contributed by atoms with E-state index in [1.165, 1.54) is 0 Å². The Morgan fingerprint density at radius 1 is 1.67 bits per heavy atom. The molecule has 1 N–H and O–H groups in total. The Hall–Kier alpha value is -1.15. The van der Waals surface area contributed by atoms with Crippen LogP contribution in [-0.4, -0.2) is 23.5 Å². The van der Waals surface area contributed by atoms with Crippen LogP contribution >= 0.6 is 10.7 Å². The second-order valence-corrected chi connectivity index (χ2v) is 4.28. The van der Waals surface area contributed by atoms with Crippen LogP contribution in [0, 0.1) is 10.1 Å². The molecule has 0 aromatic carbocycles. The zero-order valence-corrected chi connectivity index (χ0v) is 6.96. The van der Waals surface area contributed by atoms with Crippen molar-refractivity contribution in [2.24, 2.45) is 0 Å². The Bertz CT molecular complexity index is 409. The quantitative estimate of drug-likeness (QED) is 0.429. The van der Waals surface area contributed by atoms with Gasteiger partial charge in [-0.1, -0.05) is 0 Å². The number of nitrogens with one attached hydrogen (secondary N) is 1. The summed E-state index contributed by atoms with van der Waals surface area (Å²) < 4.78 is 21.2. The second kappa shape index (κ2) is 2.72. The number of nitro groups is 1. The van der Waals surface area contributed by atoms with Crippen LogP contribution in [0.4, 0.5) is 5.69 Å². The van der Waals surface area contributed by atoms with E-state index >= 15 is 0 Å². The molecule has 66 valence electrons. The molecule has 0 amide bonds. The molecule has 9 heteroatoms. The molecule has 1 heterocycles. The van der Waals surface area contributed by atoms with Crippen molar-refractivity contribution >= 4 is 25.4 Å². The fourth-order valence-corrected chi connectivity index (χ4v) is 1.46. The average Bonchev–Trinajstić information content (AvgIpc) is 2.30. The van der Waals surface area contributed by atoms with Crippen LogP contribution in [0.3, 0.4) is 0 Å². The molecule has 0 saturated heterocycles. The Morgan fingerprint density at radius 2 is 2.25 bits per heavy atom. The summed E-state index contributed by atoms with van der Waals surface area (Å²) in [5, 5.41) is 14.5. The third-order valence-electron chi connectivity index (χ3n) is 1.03. The fourth-order valence-electron chi connectivity index (χ4n) is 0.577. The monoisotopic (exact) mass is 211 g/mol. The van der Waals surface area contributed by atoms with Gasteiger partial charge in [0.1, 0.15) is 6.20 Å². The highest BCUT2D eigenvalue weighted by atomic mass is 35.7. The molecule has 0 aliphatic heterocycles. The number of H-pyrrole nitrogens is 1. The smallest absolute Gasteiger partial charge is 0.260 e. The summed E-state index contributed by atoms with van der Waals surface area (Å²) in [7, 11) is 0.723. The number of nitrogens with zero attached hydrogens (tertiary/aromatic N) is 2. The van der Waals surface area contributed by atoms with Crippen molar-refractivity contribution < 1.29 is 13.3 Å². The maximum absolute atomic E-state index is 10.6. The van der Waals surface area contributed by atoms with E-state index in [0.29, 0.717) is 0 Å². The highest BCUT2D eigenvalue weighted by Crippen LogP contribution is 2.22. The average molecular weight is 212 g/mol. The highest BCUT2D eigenvalue weighted by molar-refractivity contribution is 8.13. The molecule has 7 nitrogen and oxygen atoms in total. The van der Waals surface area contributed by atoms with Crippen molar-refractivity contribution in [1.82, 2.24) is 10.2 Å². The molecule has 0 radical (unpaired) electrons. The van der Waals surface area contributed by atoms with Crippen LogP contribution in [0.15, 0.2) is 11.2 Å². The number of aromatic amines is 1. The van der Waals surface area contributed by atoms with Crippen molar-refractivity contribution in [3.63, 3.8) is 0 Å². The van der Waals surface area contributed by atoms with Crippen molar-refractivity contribution in [3.05, 3.63) is 16.3 Å². The first-order chi connectivity index (χ1) is 5.43. The molecule has 0 bridgehead atoms. The van der Waals surface area contributed by atoms with Crippen molar-refractivity contribution in [2.75, 3.05) is 0 Å². The second-order valence-electron chi connectivity index (χ2n) is 1.78. The third-order valence-corrected chi connectivity index (χ3v) is 2.28. The van der Waals surface area contributed by atoms with Crippen molar-refractivity contribution in [2.45, 2.75) is 5.03 Å². The van der Waals surface area contributed by atoms with Crippen LogP contribution in [0.5, 0.6) is 0 Å². The van der Waals surface area contributed by atoms with Gasteiger partial charge in [-0.2, -0.15) is 5.10 Å². The molecular formula is C3H2ClN3O4S. The van der Waals surface area contributed by atoms with E-state index in [1.54, 1.807) is 0 Å². The fraction of sp³-hybridized carbons (Fsp3) is 0. The lowest BCUT2D eigenvalue weighted by Crippen LogP contribution is -1.96. The van der Waals surface area contributed by atoms with Gasteiger partial charge in [0, 0.05) is 10.7 Å². The molecule has 0 saturated carbocycles. The lowest BCUT2D eigenvalue weighted by Gasteiger charge is -1.88. The van der Waals surface area contributed by atoms with Crippen molar-refractivity contribution in [3.8, 4) is 0 Å². The minimum absolute atomic E-state index is 0.662. The normalized spacial score (nSPS) is 11.4. The van der Waals surface area contributed by atoms with Gasteiger partial charge in [0.15, 0.2) is 0 Å². The van der Waals surface area contributed by atoms with Gasteiger partial charge < -0.3 is 0 Å². The predicted molar refractivity (Wildman–Crippen MR) is 38.3 cm³/mol. The molecular weight excluding hydrogens is 210 g/mol. The van der Waals surface area contributed by atoms with Gasteiger partial charge in [-0.15, -0.1) is 0 Å². The molecule has 1 aromatic rings. The Labute approximate surface area is 70.9 Å². The van der Waals surface area contributed by atoms with Crippen LogP contribution in [-0.2, 0) is 9.05 Å². The zero-order chi connectivity index (χ0) is 9.35. The van der Waals surface area contributed by atoms with E-state index in [2.05, 4.69) is 5.10 Å². The van der Waals surface area contributed by atoms with E-state index in [1.807, 2.05) is 5.10 Å². The molecule has 1 rings (SSSR count). The number of rotatable bonds is 2. The maximum Gasteiger partial charge on any atom is 0.327 e. The Morgan fingerprint density at radius 3 is 2.58 bits per heavy atom. The number of halogens is 1. The molecule has 1 aromatic heterocycles. The van der Waals surface area contributed by atoms with Crippen LogP contribution in [0.25, 0.3) is 0 Å². The largest absolute Gasteiger partial charge is 0.327 e. The summed E-state index contributed by atoms with van der Waals surface area (Å²) in [6.07, 6.45) is 0.773. The minimum Gasteiger partial charge on any atom is -0.260 e. The van der Waals surface area contributed by atoms with E-state index in [9.17, 15) is 18.5 Å². The molecule has 0 aliphatic rings. The first kappa shape index (κ1) is 8.94. The van der Waals surface area contributed by atoms with E-state index in [4.69, 9.17) is 10.7 Å².